The van der Waals surface area contributed by atoms with Gasteiger partial charge in [0, 0.05) is 38.1 Å². The molecule has 0 amide bonds. The second kappa shape index (κ2) is 13.9. The van der Waals surface area contributed by atoms with Gasteiger partial charge in [-0.25, -0.2) is 21.5 Å². The Morgan fingerprint density at radius 3 is 2.44 bits per heavy atom. The first-order valence-corrected chi connectivity index (χ1v) is 16.0. The molecule has 2 aromatic carbocycles. The number of hydrogen-bond donors (Lipinski definition) is 0. The fourth-order valence-corrected chi connectivity index (χ4v) is 7.45. The molecule has 41 heavy (non-hydrogen) atoms. The Morgan fingerprint density at radius 2 is 1.73 bits per heavy atom. The number of carbonyl (C=O) groups excluding carboxylic acids is 1. The lowest BCUT2D eigenvalue weighted by Crippen LogP contribution is -2.40. The maximum Gasteiger partial charge on any atom is 0.311 e. The smallest absolute Gasteiger partial charge is 0.311 e. The molecule has 1 fully saturated rings. The van der Waals surface area contributed by atoms with Crippen molar-refractivity contribution in [2.75, 3.05) is 45.3 Å². The number of halogens is 2. The van der Waals surface area contributed by atoms with E-state index in [0.717, 1.165) is 30.5 Å². The molecule has 0 aliphatic carbocycles. The Labute approximate surface area is 241 Å². The van der Waals surface area contributed by atoms with Crippen LogP contribution in [0.5, 0.6) is 11.5 Å². The molecule has 226 valence electrons. The van der Waals surface area contributed by atoms with E-state index in [0.29, 0.717) is 49.5 Å². The van der Waals surface area contributed by atoms with Crippen LogP contribution in [0.3, 0.4) is 0 Å². The van der Waals surface area contributed by atoms with Crippen molar-refractivity contribution in [3.8, 4) is 11.5 Å². The highest BCUT2D eigenvalue weighted by atomic mass is 32.2. The number of rotatable bonds is 14. The minimum atomic E-state index is -3.48. The molecule has 0 aromatic heterocycles. The fraction of sp³-hybridized carbons (Fsp3) is 0.567. The van der Waals surface area contributed by atoms with Crippen molar-refractivity contribution in [2.24, 2.45) is 5.92 Å². The van der Waals surface area contributed by atoms with Gasteiger partial charge in [-0.2, -0.15) is 0 Å². The number of ether oxygens (including phenoxy) is 3. The standard InChI is InChI=1S/C30H40F2N2O6S/c1-4-7-8-16-41(36,37)34(13-5-2)15-14-33-19-23(21-10-12-26-27(18-21)40-20-39-26)28(30(35)38-6-3)29(33)22-9-11-24(31)25(32)17-22/h9-12,17-18,23,28-29H,4-8,13-16,19-20H2,1-3H3/t23-,28-,29+/m1/s1. The van der Waals surface area contributed by atoms with Crippen LogP contribution in [0.25, 0.3) is 0 Å². The van der Waals surface area contributed by atoms with Crippen LogP contribution in [0.15, 0.2) is 36.4 Å². The summed E-state index contributed by atoms with van der Waals surface area (Å²) in [7, 11) is -3.48. The minimum absolute atomic E-state index is 0.0821. The molecule has 0 spiro atoms. The van der Waals surface area contributed by atoms with Crippen molar-refractivity contribution in [1.82, 2.24) is 9.21 Å². The summed E-state index contributed by atoms with van der Waals surface area (Å²) in [5, 5.41) is 0. The van der Waals surface area contributed by atoms with E-state index in [9.17, 15) is 22.0 Å². The Balaban J connectivity index is 1.70. The van der Waals surface area contributed by atoms with Gasteiger partial charge in [0.05, 0.1) is 18.3 Å². The molecule has 4 rings (SSSR count). The normalized spacial score (nSPS) is 20.6. The Bertz CT molecular complexity index is 1310. The highest BCUT2D eigenvalue weighted by Gasteiger charge is 2.48. The molecule has 8 nitrogen and oxygen atoms in total. The summed E-state index contributed by atoms with van der Waals surface area (Å²) in [6, 6.07) is 8.50. The molecule has 0 saturated carbocycles. The van der Waals surface area contributed by atoms with E-state index < -0.39 is 39.6 Å². The summed E-state index contributed by atoms with van der Waals surface area (Å²) in [5.74, 6) is -2.31. The van der Waals surface area contributed by atoms with Crippen molar-refractivity contribution < 1.29 is 36.2 Å². The maximum absolute atomic E-state index is 14.5. The van der Waals surface area contributed by atoms with Crippen LogP contribution in [0, 0.1) is 17.6 Å². The fourth-order valence-electron chi connectivity index (χ4n) is 5.80. The number of hydrogen-bond acceptors (Lipinski definition) is 7. The zero-order chi connectivity index (χ0) is 29.6. The van der Waals surface area contributed by atoms with Crippen LogP contribution in [-0.4, -0.2) is 68.9 Å². The van der Waals surface area contributed by atoms with E-state index in [1.54, 1.807) is 13.0 Å². The van der Waals surface area contributed by atoms with Gasteiger partial charge in [-0.1, -0.05) is 38.8 Å². The molecule has 0 radical (unpaired) electrons. The average molecular weight is 595 g/mol. The molecule has 11 heteroatoms. The van der Waals surface area contributed by atoms with Crippen LogP contribution in [0.4, 0.5) is 8.78 Å². The first kappa shape index (κ1) is 31.2. The quantitative estimate of drug-likeness (QED) is 0.218. The third kappa shape index (κ3) is 7.18. The number of esters is 1. The van der Waals surface area contributed by atoms with Crippen LogP contribution >= 0.6 is 0 Å². The minimum Gasteiger partial charge on any atom is -0.466 e. The van der Waals surface area contributed by atoms with Crippen molar-refractivity contribution in [1.29, 1.82) is 0 Å². The van der Waals surface area contributed by atoms with Gasteiger partial charge in [-0.15, -0.1) is 0 Å². The number of likely N-dealkylation sites (tertiary alicyclic amines) is 1. The van der Waals surface area contributed by atoms with Gasteiger partial charge in [0.15, 0.2) is 23.1 Å². The first-order valence-electron chi connectivity index (χ1n) is 14.4. The molecule has 2 heterocycles. The molecular weight excluding hydrogens is 554 g/mol. The van der Waals surface area contributed by atoms with Crippen LogP contribution < -0.4 is 9.47 Å². The number of benzene rings is 2. The molecular formula is C30H40F2N2O6S. The van der Waals surface area contributed by atoms with Crippen molar-refractivity contribution in [2.45, 2.75) is 58.4 Å². The molecule has 2 aliphatic heterocycles. The third-order valence-electron chi connectivity index (χ3n) is 7.78. The SMILES string of the molecule is CCCCCS(=O)(=O)N(CCC)CCN1C[C@H](c2ccc3c(c2)OCO3)[C@@H](C(=O)OCC)[C@@H]1c1ccc(F)c(F)c1. The van der Waals surface area contributed by atoms with E-state index in [-0.39, 0.29) is 31.6 Å². The lowest BCUT2D eigenvalue weighted by atomic mass is 9.82. The second-order valence-corrected chi connectivity index (χ2v) is 12.6. The lowest BCUT2D eigenvalue weighted by Gasteiger charge is -2.30. The molecule has 2 aliphatic rings. The molecule has 2 aromatic rings. The molecule has 0 bridgehead atoms. The zero-order valence-electron chi connectivity index (χ0n) is 24.0. The first-order chi connectivity index (χ1) is 19.7. The Kier molecular flexibility index (Phi) is 10.6. The van der Waals surface area contributed by atoms with Gasteiger partial charge in [-0.05, 0) is 55.2 Å². The average Bonchev–Trinajstić information content (AvgIpc) is 3.57. The lowest BCUT2D eigenvalue weighted by molar-refractivity contribution is -0.149. The van der Waals surface area contributed by atoms with Crippen LogP contribution in [-0.2, 0) is 19.6 Å². The van der Waals surface area contributed by atoms with E-state index in [2.05, 4.69) is 0 Å². The molecule has 3 atom stereocenters. The largest absolute Gasteiger partial charge is 0.466 e. The molecule has 1 saturated heterocycles. The van der Waals surface area contributed by atoms with Gasteiger partial charge in [0.2, 0.25) is 16.8 Å². The van der Waals surface area contributed by atoms with Crippen LogP contribution in [0.1, 0.15) is 69.5 Å². The van der Waals surface area contributed by atoms with Gasteiger partial charge < -0.3 is 14.2 Å². The van der Waals surface area contributed by atoms with Gasteiger partial charge in [-0.3, -0.25) is 9.69 Å². The van der Waals surface area contributed by atoms with E-state index in [4.69, 9.17) is 14.2 Å². The highest BCUT2D eigenvalue weighted by Crippen LogP contribution is 2.48. The summed E-state index contributed by atoms with van der Waals surface area (Å²) >= 11 is 0. The van der Waals surface area contributed by atoms with Crippen molar-refractivity contribution in [3.05, 3.63) is 59.2 Å². The number of fused-ring (bicyclic) bond motifs is 1. The Hall–Kier alpha value is -2.76. The summed E-state index contributed by atoms with van der Waals surface area (Å²) in [6.45, 7) is 7.22. The summed E-state index contributed by atoms with van der Waals surface area (Å²) in [6.07, 6.45) is 3.01. The third-order valence-corrected chi connectivity index (χ3v) is 9.73. The number of nitrogens with zero attached hydrogens (tertiary/aromatic N) is 2. The summed E-state index contributed by atoms with van der Waals surface area (Å²) in [4.78, 5) is 15.5. The van der Waals surface area contributed by atoms with Gasteiger partial charge in [0.1, 0.15) is 0 Å². The molecule has 0 unspecified atom stereocenters. The van der Waals surface area contributed by atoms with E-state index in [1.807, 2.05) is 30.9 Å². The summed E-state index contributed by atoms with van der Waals surface area (Å²) < 4.78 is 72.9. The number of carbonyl (C=O) groups is 1. The highest BCUT2D eigenvalue weighted by molar-refractivity contribution is 7.89. The van der Waals surface area contributed by atoms with E-state index >= 15 is 0 Å². The van der Waals surface area contributed by atoms with Crippen molar-refractivity contribution >= 4 is 16.0 Å². The van der Waals surface area contributed by atoms with E-state index in [1.165, 1.54) is 10.4 Å². The zero-order valence-corrected chi connectivity index (χ0v) is 24.8. The predicted octanol–water partition coefficient (Wildman–Crippen LogP) is 5.25. The molecule has 0 N–H and O–H groups in total. The van der Waals surface area contributed by atoms with Crippen molar-refractivity contribution in [3.63, 3.8) is 0 Å². The maximum atomic E-state index is 14.5. The summed E-state index contributed by atoms with van der Waals surface area (Å²) in [5.41, 5.74) is 1.25. The van der Waals surface area contributed by atoms with Gasteiger partial charge in [0.25, 0.3) is 0 Å². The predicted molar refractivity (Wildman–Crippen MR) is 151 cm³/mol. The second-order valence-electron chi connectivity index (χ2n) is 10.5. The topological polar surface area (TPSA) is 85.4 Å². The number of sulfonamides is 1. The van der Waals surface area contributed by atoms with Crippen LogP contribution in [0.2, 0.25) is 0 Å². The Morgan fingerprint density at radius 1 is 0.976 bits per heavy atom. The monoisotopic (exact) mass is 594 g/mol. The van der Waals surface area contributed by atoms with Gasteiger partial charge >= 0.3 is 5.97 Å². The number of unbranched alkanes of at least 4 members (excludes halogenated alkanes) is 2.